The Morgan fingerprint density at radius 2 is 1.64 bits per heavy atom. The van der Waals surface area contributed by atoms with E-state index in [1.807, 2.05) is 0 Å². The van der Waals surface area contributed by atoms with Crippen molar-refractivity contribution in [3.8, 4) is 0 Å². The number of nitrogens with one attached hydrogen (secondary N) is 1. The summed E-state index contributed by atoms with van der Waals surface area (Å²) in [7, 11) is -7.76. The van der Waals surface area contributed by atoms with Gasteiger partial charge in [0.2, 0.25) is 20.0 Å². The van der Waals surface area contributed by atoms with Gasteiger partial charge in [0, 0.05) is 19.1 Å². The van der Waals surface area contributed by atoms with Crippen molar-refractivity contribution >= 4 is 20.0 Å². The summed E-state index contributed by atoms with van der Waals surface area (Å²) in [6.45, 7) is 1.28. The summed E-state index contributed by atoms with van der Waals surface area (Å²) in [5.41, 5.74) is 5.73. The largest absolute Gasteiger partial charge is 0.330 e. The van der Waals surface area contributed by atoms with Crippen LogP contribution in [0.3, 0.4) is 0 Å². The molecule has 2 unspecified atom stereocenters. The average Bonchev–Trinajstić information content (AvgIpc) is 3.26. The molecule has 1 saturated heterocycles. The summed E-state index contributed by atoms with van der Waals surface area (Å²) in [6, 6.07) is 5.60. The predicted octanol–water partition coefficient (Wildman–Crippen LogP) is 0.877. The Hall–Kier alpha value is -1.00. The Bertz CT molecular complexity index is 818. The van der Waals surface area contributed by atoms with Gasteiger partial charge in [-0.1, -0.05) is 18.6 Å². The molecule has 7 nitrogen and oxygen atoms in total. The molecule has 1 aromatic rings. The van der Waals surface area contributed by atoms with Crippen LogP contribution >= 0.6 is 0 Å². The normalized spacial score (nSPS) is 25.5. The molecule has 0 aromatic heterocycles. The Balaban J connectivity index is 1.94. The van der Waals surface area contributed by atoms with Crippen LogP contribution in [0.2, 0.25) is 0 Å². The average molecular weight is 388 g/mol. The van der Waals surface area contributed by atoms with Crippen molar-refractivity contribution in [2.75, 3.05) is 19.6 Å². The van der Waals surface area contributed by atoms with Crippen molar-refractivity contribution in [3.63, 3.8) is 0 Å². The molecule has 0 spiro atoms. The first-order valence-corrected chi connectivity index (χ1v) is 11.6. The second-order valence-electron chi connectivity index (χ2n) is 6.71. The molecule has 2 aliphatic rings. The fraction of sp³-hybridized carbons (Fsp3) is 0.625. The smallest absolute Gasteiger partial charge is 0.244 e. The monoisotopic (exact) mass is 387 g/mol. The van der Waals surface area contributed by atoms with Crippen molar-refractivity contribution in [2.45, 2.75) is 47.9 Å². The van der Waals surface area contributed by atoms with Crippen LogP contribution in [0.4, 0.5) is 0 Å². The molecule has 1 heterocycles. The molecule has 0 radical (unpaired) electrons. The van der Waals surface area contributed by atoms with E-state index in [2.05, 4.69) is 4.72 Å². The highest BCUT2D eigenvalue weighted by Crippen LogP contribution is 2.29. The Morgan fingerprint density at radius 3 is 2.28 bits per heavy atom. The molecule has 140 valence electrons. The summed E-state index contributed by atoms with van der Waals surface area (Å²) in [5.74, 6) is 0.0946. The van der Waals surface area contributed by atoms with Gasteiger partial charge in [-0.2, -0.15) is 4.31 Å². The molecule has 3 rings (SSSR count). The lowest BCUT2D eigenvalue weighted by Gasteiger charge is -2.22. The molecular weight excluding hydrogens is 362 g/mol. The van der Waals surface area contributed by atoms with E-state index in [1.54, 1.807) is 12.1 Å². The number of hydrogen-bond donors (Lipinski definition) is 2. The van der Waals surface area contributed by atoms with Gasteiger partial charge in [-0.15, -0.1) is 0 Å². The SMILES string of the molecule is NCC1CCCC1NS(=O)(=O)c1ccccc1S(=O)(=O)N1CCCC1. The maximum Gasteiger partial charge on any atom is 0.244 e. The Labute approximate surface area is 149 Å². The van der Waals surface area contributed by atoms with E-state index < -0.39 is 20.0 Å². The topological polar surface area (TPSA) is 110 Å². The predicted molar refractivity (Wildman–Crippen MR) is 94.9 cm³/mol. The fourth-order valence-corrected chi connectivity index (χ4v) is 7.35. The van der Waals surface area contributed by atoms with Crippen molar-refractivity contribution < 1.29 is 16.8 Å². The van der Waals surface area contributed by atoms with E-state index >= 15 is 0 Å². The summed E-state index contributed by atoms with van der Waals surface area (Å²) in [6.07, 6.45) is 4.13. The van der Waals surface area contributed by atoms with E-state index in [9.17, 15) is 16.8 Å². The zero-order valence-electron chi connectivity index (χ0n) is 14.1. The third-order valence-electron chi connectivity index (χ3n) is 5.09. The van der Waals surface area contributed by atoms with E-state index in [-0.39, 0.29) is 21.8 Å². The van der Waals surface area contributed by atoms with Crippen LogP contribution in [0, 0.1) is 5.92 Å². The number of nitrogens with zero attached hydrogens (tertiary/aromatic N) is 1. The van der Waals surface area contributed by atoms with Gasteiger partial charge in [0.25, 0.3) is 0 Å². The van der Waals surface area contributed by atoms with Crippen LogP contribution in [0.15, 0.2) is 34.1 Å². The van der Waals surface area contributed by atoms with Crippen LogP contribution < -0.4 is 10.5 Å². The molecule has 2 atom stereocenters. The van der Waals surface area contributed by atoms with Crippen LogP contribution in [-0.4, -0.2) is 46.8 Å². The van der Waals surface area contributed by atoms with Crippen LogP contribution in [0.25, 0.3) is 0 Å². The van der Waals surface area contributed by atoms with Gasteiger partial charge in [-0.05, 0) is 50.3 Å². The quantitative estimate of drug-likeness (QED) is 0.753. The number of sulfonamides is 2. The first-order valence-electron chi connectivity index (χ1n) is 8.68. The second kappa shape index (κ2) is 7.32. The van der Waals surface area contributed by atoms with E-state index in [1.165, 1.54) is 16.4 Å². The van der Waals surface area contributed by atoms with Crippen molar-refractivity contribution in [1.82, 2.24) is 9.03 Å². The van der Waals surface area contributed by atoms with Gasteiger partial charge >= 0.3 is 0 Å². The maximum atomic E-state index is 12.9. The van der Waals surface area contributed by atoms with E-state index in [0.717, 1.165) is 32.1 Å². The van der Waals surface area contributed by atoms with E-state index in [0.29, 0.717) is 19.6 Å². The highest BCUT2D eigenvalue weighted by atomic mass is 32.2. The van der Waals surface area contributed by atoms with Crippen molar-refractivity contribution in [3.05, 3.63) is 24.3 Å². The van der Waals surface area contributed by atoms with Crippen molar-refractivity contribution in [1.29, 1.82) is 0 Å². The third kappa shape index (κ3) is 3.75. The highest BCUT2D eigenvalue weighted by molar-refractivity contribution is 7.92. The molecule has 1 aliphatic heterocycles. The zero-order chi connectivity index (χ0) is 18.1. The van der Waals surface area contributed by atoms with Crippen LogP contribution in [0.1, 0.15) is 32.1 Å². The van der Waals surface area contributed by atoms with Gasteiger partial charge < -0.3 is 5.73 Å². The third-order valence-corrected chi connectivity index (χ3v) is 8.72. The second-order valence-corrected chi connectivity index (χ2v) is 10.3. The number of nitrogens with two attached hydrogens (primary N) is 1. The molecule has 9 heteroatoms. The van der Waals surface area contributed by atoms with Crippen LogP contribution in [-0.2, 0) is 20.0 Å². The van der Waals surface area contributed by atoms with Gasteiger partial charge in [0.15, 0.2) is 0 Å². The number of rotatable bonds is 6. The number of benzene rings is 1. The summed E-state index contributed by atoms with van der Waals surface area (Å²) in [4.78, 5) is -0.323. The molecule has 1 aliphatic carbocycles. The molecule has 1 aromatic carbocycles. The first kappa shape index (κ1) is 18.8. The lowest BCUT2D eigenvalue weighted by molar-refractivity contribution is 0.451. The Kier molecular flexibility index (Phi) is 5.50. The first-order chi connectivity index (χ1) is 11.9. The molecule has 25 heavy (non-hydrogen) atoms. The molecule has 2 fully saturated rings. The maximum absolute atomic E-state index is 12.9. The molecule has 1 saturated carbocycles. The van der Waals surface area contributed by atoms with Gasteiger partial charge in [0.05, 0.1) is 0 Å². The zero-order valence-corrected chi connectivity index (χ0v) is 15.7. The summed E-state index contributed by atoms with van der Waals surface area (Å²) in [5, 5.41) is 0. The molecular formula is C16H25N3O4S2. The van der Waals surface area contributed by atoms with E-state index in [4.69, 9.17) is 5.73 Å². The lowest BCUT2D eigenvalue weighted by Crippen LogP contribution is -2.40. The summed E-state index contributed by atoms with van der Waals surface area (Å²) < 4.78 is 55.6. The van der Waals surface area contributed by atoms with Gasteiger partial charge in [0.1, 0.15) is 9.79 Å². The summed E-state index contributed by atoms with van der Waals surface area (Å²) >= 11 is 0. The minimum Gasteiger partial charge on any atom is -0.330 e. The fourth-order valence-electron chi connectivity index (χ4n) is 3.69. The molecule has 3 N–H and O–H groups in total. The van der Waals surface area contributed by atoms with Gasteiger partial charge in [-0.3, -0.25) is 0 Å². The molecule has 0 bridgehead atoms. The van der Waals surface area contributed by atoms with Crippen LogP contribution in [0.5, 0.6) is 0 Å². The highest BCUT2D eigenvalue weighted by Gasteiger charge is 2.35. The lowest BCUT2D eigenvalue weighted by atomic mass is 10.1. The minimum absolute atomic E-state index is 0.0946. The van der Waals surface area contributed by atoms with Crippen molar-refractivity contribution in [2.24, 2.45) is 11.7 Å². The number of hydrogen-bond acceptors (Lipinski definition) is 5. The standard InChI is InChI=1S/C16H25N3O4S2/c17-12-13-6-5-7-14(13)18-24(20,21)15-8-1-2-9-16(15)25(22,23)19-10-3-4-11-19/h1-2,8-9,13-14,18H,3-7,10-12,17H2. The minimum atomic E-state index is -3.94. The molecule has 0 amide bonds. The Morgan fingerprint density at radius 1 is 1.00 bits per heavy atom. The van der Waals surface area contributed by atoms with Gasteiger partial charge in [-0.25, -0.2) is 21.6 Å².